The third-order valence-corrected chi connectivity index (χ3v) is 4.34. The molecule has 1 aliphatic rings. The standard InChI is InChI=1S/C17H17N5O3/c1-3-25-17(24)16-15-7-13-10(2)19-20-22(13)14-6-11(8-23)4-5-12(14)21(15)9-18-16/h4-6,9,23H,3,7-8H2,1-2H3. The Kier molecular flexibility index (Phi) is 3.61. The second-order valence-electron chi connectivity index (χ2n) is 5.82. The summed E-state index contributed by atoms with van der Waals surface area (Å²) in [6.07, 6.45) is 2.07. The molecule has 0 saturated carbocycles. The highest BCUT2D eigenvalue weighted by atomic mass is 16.5. The van der Waals surface area contributed by atoms with E-state index in [4.69, 9.17) is 4.74 Å². The molecule has 3 aromatic rings. The van der Waals surface area contributed by atoms with E-state index in [9.17, 15) is 9.90 Å². The van der Waals surface area contributed by atoms with E-state index in [0.717, 1.165) is 34.0 Å². The molecule has 8 nitrogen and oxygen atoms in total. The van der Waals surface area contributed by atoms with Gasteiger partial charge in [0.2, 0.25) is 0 Å². The molecule has 0 bridgehead atoms. The van der Waals surface area contributed by atoms with Crippen molar-refractivity contribution in [3.05, 3.63) is 52.9 Å². The highest BCUT2D eigenvalue weighted by molar-refractivity contribution is 5.89. The highest BCUT2D eigenvalue weighted by Gasteiger charge is 2.28. The quantitative estimate of drug-likeness (QED) is 0.566. The molecule has 0 aliphatic carbocycles. The van der Waals surface area contributed by atoms with E-state index >= 15 is 0 Å². The lowest BCUT2D eigenvalue weighted by Crippen LogP contribution is -2.10. The molecule has 128 valence electrons. The third kappa shape index (κ3) is 2.33. The summed E-state index contributed by atoms with van der Waals surface area (Å²) in [5.74, 6) is -0.441. The van der Waals surface area contributed by atoms with Gasteiger partial charge in [0.25, 0.3) is 0 Å². The van der Waals surface area contributed by atoms with Crippen molar-refractivity contribution in [2.45, 2.75) is 26.9 Å². The fourth-order valence-electron chi connectivity index (χ4n) is 3.09. The minimum atomic E-state index is -0.441. The summed E-state index contributed by atoms with van der Waals surface area (Å²) >= 11 is 0. The Morgan fingerprint density at radius 3 is 2.92 bits per heavy atom. The van der Waals surface area contributed by atoms with Crippen molar-refractivity contribution in [1.29, 1.82) is 0 Å². The van der Waals surface area contributed by atoms with Crippen LogP contribution < -0.4 is 0 Å². The minimum Gasteiger partial charge on any atom is -0.461 e. The molecule has 0 saturated heterocycles. The van der Waals surface area contributed by atoms with Crippen LogP contribution in [0.5, 0.6) is 0 Å². The van der Waals surface area contributed by atoms with Crippen LogP contribution in [0.2, 0.25) is 0 Å². The number of carbonyl (C=O) groups is 1. The molecule has 0 radical (unpaired) electrons. The number of fused-ring (bicyclic) bond motifs is 5. The summed E-state index contributed by atoms with van der Waals surface area (Å²) < 4.78 is 8.76. The Labute approximate surface area is 143 Å². The van der Waals surface area contributed by atoms with Gasteiger partial charge in [-0.3, -0.25) is 4.57 Å². The third-order valence-electron chi connectivity index (χ3n) is 4.34. The Bertz CT molecular complexity index is 973. The predicted octanol–water partition coefficient (Wildman–Crippen LogP) is 1.33. The van der Waals surface area contributed by atoms with Gasteiger partial charge in [0.05, 0.1) is 41.7 Å². The molecule has 4 rings (SSSR count). The Hall–Kier alpha value is -3.00. The number of imidazole rings is 1. The molecule has 0 atom stereocenters. The molecular formula is C17H17N5O3. The summed E-state index contributed by atoms with van der Waals surface area (Å²) in [5.41, 5.74) is 5.07. The van der Waals surface area contributed by atoms with Crippen molar-refractivity contribution >= 4 is 5.97 Å². The normalized spacial score (nSPS) is 12.1. The maximum absolute atomic E-state index is 12.3. The van der Waals surface area contributed by atoms with Gasteiger partial charge in [0, 0.05) is 6.42 Å². The molecule has 1 N–H and O–H groups in total. The van der Waals surface area contributed by atoms with E-state index in [-0.39, 0.29) is 6.61 Å². The smallest absolute Gasteiger partial charge is 0.358 e. The number of hydrogen-bond acceptors (Lipinski definition) is 6. The molecule has 0 spiro atoms. The van der Waals surface area contributed by atoms with Crippen molar-refractivity contribution < 1.29 is 14.6 Å². The number of aliphatic hydroxyl groups excluding tert-OH is 1. The number of esters is 1. The largest absolute Gasteiger partial charge is 0.461 e. The van der Waals surface area contributed by atoms with Crippen LogP contribution in [0.25, 0.3) is 11.4 Å². The average molecular weight is 339 g/mol. The molecule has 1 aliphatic heterocycles. The van der Waals surface area contributed by atoms with Crippen LogP contribution in [0.1, 0.15) is 40.1 Å². The van der Waals surface area contributed by atoms with Crippen molar-refractivity contribution in [1.82, 2.24) is 24.5 Å². The molecule has 1 aromatic carbocycles. The number of aliphatic hydroxyl groups is 1. The van der Waals surface area contributed by atoms with E-state index in [1.54, 1.807) is 17.9 Å². The molecule has 25 heavy (non-hydrogen) atoms. The molecule has 0 fully saturated rings. The zero-order chi connectivity index (χ0) is 17.6. The van der Waals surface area contributed by atoms with Gasteiger partial charge in [-0.05, 0) is 31.5 Å². The van der Waals surface area contributed by atoms with E-state index in [1.165, 1.54) is 0 Å². The van der Waals surface area contributed by atoms with Crippen LogP contribution in [0.15, 0.2) is 24.5 Å². The van der Waals surface area contributed by atoms with Gasteiger partial charge in [0.1, 0.15) is 6.33 Å². The van der Waals surface area contributed by atoms with Crippen molar-refractivity contribution in [3.8, 4) is 11.4 Å². The molecule has 2 aromatic heterocycles. The summed E-state index contributed by atoms with van der Waals surface area (Å²) in [4.78, 5) is 16.5. The van der Waals surface area contributed by atoms with E-state index < -0.39 is 5.97 Å². The van der Waals surface area contributed by atoms with Crippen molar-refractivity contribution in [2.24, 2.45) is 0 Å². The predicted molar refractivity (Wildman–Crippen MR) is 87.9 cm³/mol. The second kappa shape index (κ2) is 5.82. The lowest BCUT2D eigenvalue weighted by molar-refractivity contribution is 0.0519. The highest BCUT2D eigenvalue weighted by Crippen LogP contribution is 2.30. The number of aromatic nitrogens is 5. The Balaban J connectivity index is 1.98. The number of nitrogens with zero attached hydrogens (tertiary/aromatic N) is 5. The summed E-state index contributed by atoms with van der Waals surface area (Å²) in [5, 5.41) is 17.9. The van der Waals surface area contributed by atoms with Gasteiger partial charge in [-0.1, -0.05) is 11.3 Å². The number of ether oxygens (including phenoxy) is 1. The van der Waals surface area contributed by atoms with Gasteiger partial charge < -0.3 is 9.84 Å². The van der Waals surface area contributed by atoms with Gasteiger partial charge in [-0.25, -0.2) is 14.5 Å². The van der Waals surface area contributed by atoms with Crippen LogP contribution >= 0.6 is 0 Å². The van der Waals surface area contributed by atoms with Gasteiger partial charge in [0.15, 0.2) is 5.69 Å². The maximum Gasteiger partial charge on any atom is 0.358 e. The fraction of sp³-hybridized carbons (Fsp3) is 0.294. The zero-order valence-corrected chi connectivity index (χ0v) is 13.9. The number of aryl methyl sites for hydroxylation is 1. The van der Waals surface area contributed by atoms with E-state index in [2.05, 4.69) is 15.3 Å². The fourth-order valence-corrected chi connectivity index (χ4v) is 3.09. The first-order valence-corrected chi connectivity index (χ1v) is 8.03. The summed E-state index contributed by atoms with van der Waals surface area (Å²) in [7, 11) is 0. The number of carbonyl (C=O) groups excluding carboxylic acids is 1. The summed E-state index contributed by atoms with van der Waals surface area (Å²) in [6.45, 7) is 3.87. The Morgan fingerprint density at radius 2 is 2.16 bits per heavy atom. The van der Waals surface area contributed by atoms with Crippen LogP contribution in [0, 0.1) is 6.92 Å². The zero-order valence-electron chi connectivity index (χ0n) is 13.9. The van der Waals surface area contributed by atoms with Crippen LogP contribution in [0.3, 0.4) is 0 Å². The maximum atomic E-state index is 12.3. The molecule has 8 heteroatoms. The lowest BCUT2D eigenvalue weighted by Gasteiger charge is -2.11. The number of benzene rings is 1. The van der Waals surface area contributed by atoms with E-state index in [0.29, 0.717) is 18.7 Å². The Morgan fingerprint density at radius 1 is 1.32 bits per heavy atom. The minimum absolute atomic E-state index is 0.0683. The lowest BCUT2D eigenvalue weighted by atomic mass is 10.1. The van der Waals surface area contributed by atoms with Crippen molar-refractivity contribution in [3.63, 3.8) is 0 Å². The monoisotopic (exact) mass is 339 g/mol. The number of rotatable bonds is 3. The first kappa shape index (κ1) is 15.5. The van der Waals surface area contributed by atoms with Gasteiger partial charge in [-0.2, -0.15) is 0 Å². The molecule has 0 amide bonds. The molecule has 0 unspecified atom stereocenters. The average Bonchev–Trinajstić information content (AvgIpc) is 3.16. The van der Waals surface area contributed by atoms with Crippen LogP contribution in [0.4, 0.5) is 0 Å². The van der Waals surface area contributed by atoms with Crippen LogP contribution in [-0.4, -0.2) is 42.2 Å². The SMILES string of the molecule is CCOC(=O)c1ncn2c1Cc1c(C)nnn1-c1cc(CO)ccc1-2. The van der Waals surface area contributed by atoms with E-state index in [1.807, 2.05) is 29.7 Å². The summed E-state index contributed by atoms with van der Waals surface area (Å²) in [6, 6.07) is 5.58. The van der Waals surface area contributed by atoms with Crippen molar-refractivity contribution in [2.75, 3.05) is 6.61 Å². The topological polar surface area (TPSA) is 95.1 Å². The first-order valence-electron chi connectivity index (χ1n) is 8.03. The van der Waals surface area contributed by atoms with Gasteiger partial charge in [-0.15, -0.1) is 5.10 Å². The van der Waals surface area contributed by atoms with Crippen LogP contribution in [-0.2, 0) is 17.8 Å². The first-order chi connectivity index (χ1) is 12.1. The molecular weight excluding hydrogens is 322 g/mol. The molecule has 3 heterocycles. The number of hydrogen-bond donors (Lipinski definition) is 1. The van der Waals surface area contributed by atoms with Gasteiger partial charge >= 0.3 is 5.97 Å². The second-order valence-corrected chi connectivity index (χ2v) is 5.82.